The second-order valence-corrected chi connectivity index (χ2v) is 6.16. The minimum atomic E-state index is -0.520. The molecule has 0 spiro atoms. The lowest BCUT2D eigenvalue weighted by Crippen LogP contribution is -2.43. The summed E-state index contributed by atoms with van der Waals surface area (Å²) in [5, 5.41) is 2.50. The van der Waals surface area contributed by atoms with Gasteiger partial charge in [-0.15, -0.1) is 0 Å². The summed E-state index contributed by atoms with van der Waals surface area (Å²) in [6, 6.07) is 7.87. The van der Waals surface area contributed by atoms with Crippen molar-refractivity contribution in [3.63, 3.8) is 0 Å². The van der Waals surface area contributed by atoms with E-state index in [2.05, 4.69) is 16.4 Å². The maximum absolute atomic E-state index is 6.39. The molecule has 2 aliphatic heterocycles. The van der Waals surface area contributed by atoms with Gasteiger partial charge in [0.05, 0.1) is 6.10 Å². The molecule has 0 saturated carbocycles. The number of nitrogens with zero attached hydrogens (tertiary/aromatic N) is 2. The van der Waals surface area contributed by atoms with Gasteiger partial charge < -0.3 is 15.7 Å². The van der Waals surface area contributed by atoms with Crippen molar-refractivity contribution in [2.75, 3.05) is 13.7 Å². The molecular weight excluding hydrogens is 288 g/mol. The van der Waals surface area contributed by atoms with Gasteiger partial charge in [-0.05, 0) is 49.4 Å². The number of ether oxygens (including phenoxy) is 1. The fourth-order valence-corrected chi connectivity index (χ4v) is 3.35. The van der Waals surface area contributed by atoms with Crippen molar-refractivity contribution in [2.45, 2.75) is 43.9 Å². The van der Waals surface area contributed by atoms with E-state index in [1.54, 1.807) is 5.12 Å². The van der Waals surface area contributed by atoms with Crippen LogP contribution in [0.3, 0.4) is 0 Å². The zero-order valence-electron chi connectivity index (χ0n) is 12.3. The largest absolute Gasteiger partial charge is 0.558 e. The molecule has 0 bridgehead atoms. The van der Waals surface area contributed by atoms with Gasteiger partial charge in [0, 0.05) is 18.7 Å². The van der Waals surface area contributed by atoms with E-state index in [9.17, 15) is 0 Å². The van der Waals surface area contributed by atoms with Crippen LogP contribution in [0.4, 0.5) is 0 Å². The molecule has 6 heteroatoms. The van der Waals surface area contributed by atoms with Crippen molar-refractivity contribution in [1.29, 1.82) is 0 Å². The molecule has 21 heavy (non-hydrogen) atoms. The van der Waals surface area contributed by atoms with Crippen molar-refractivity contribution in [2.24, 2.45) is 0 Å². The van der Waals surface area contributed by atoms with Crippen LogP contribution in [0.1, 0.15) is 37.7 Å². The van der Waals surface area contributed by atoms with Crippen molar-refractivity contribution in [1.82, 2.24) is 16.1 Å². The van der Waals surface area contributed by atoms with E-state index < -0.39 is 5.66 Å². The van der Waals surface area contributed by atoms with Gasteiger partial charge in [-0.25, -0.2) is 5.12 Å². The quantitative estimate of drug-likeness (QED) is 0.897. The molecule has 3 rings (SSSR count). The summed E-state index contributed by atoms with van der Waals surface area (Å²) in [7, 11) is 1.90. The van der Waals surface area contributed by atoms with Gasteiger partial charge in [0.15, 0.2) is 0 Å². The molecule has 2 aliphatic rings. The zero-order valence-corrected chi connectivity index (χ0v) is 13.1. The fourth-order valence-electron chi connectivity index (χ4n) is 3.06. The van der Waals surface area contributed by atoms with E-state index >= 15 is 0 Å². The molecule has 1 aromatic rings. The Morgan fingerprint density at radius 3 is 2.95 bits per heavy atom. The fraction of sp³-hybridized carbons (Fsp3) is 0.600. The minimum absolute atomic E-state index is 0.334. The highest BCUT2D eigenvalue weighted by Crippen LogP contribution is 2.39. The second kappa shape index (κ2) is 6.60. The van der Waals surface area contributed by atoms with Gasteiger partial charge >= 0.3 is 0 Å². The van der Waals surface area contributed by atoms with Gasteiger partial charge in [-0.2, -0.15) is 0 Å². The Morgan fingerprint density at radius 2 is 2.29 bits per heavy atom. The molecule has 2 heterocycles. The van der Waals surface area contributed by atoms with Crippen molar-refractivity contribution < 1.29 is 4.74 Å². The normalized spacial score (nSPS) is 30.7. The first kappa shape index (κ1) is 15.2. The Bertz CT molecular complexity index is 480. The lowest BCUT2D eigenvalue weighted by molar-refractivity contribution is 0.00542. The molecule has 0 amide bonds. The number of hydrogen-bond acceptors (Lipinski definition) is 4. The van der Waals surface area contributed by atoms with E-state index in [0.717, 1.165) is 36.5 Å². The minimum Gasteiger partial charge on any atom is -0.558 e. The SMILES string of the molecule is CN1N[N-]C(CCC2CCCCO2)(c2ccccc2Cl)N1. The highest BCUT2D eigenvalue weighted by molar-refractivity contribution is 6.31. The summed E-state index contributed by atoms with van der Waals surface area (Å²) in [6.45, 7) is 0.881. The molecule has 0 aromatic heterocycles. The number of halogens is 1. The maximum atomic E-state index is 6.39. The molecule has 2 unspecified atom stereocenters. The molecule has 0 radical (unpaired) electrons. The van der Waals surface area contributed by atoms with Crippen LogP contribution < -0.4 is 11.0 Å². The lowest BCUT2D eigenvalue weighted by Gasteiger charge is -2.41. The lowest BCUT2D eigenvalue weighted by atomic mass is 9.92. The number of nitrogens with one attached hydrogen (secondary N) is 2. The summed E-state index contributed by atoms with van der Waals surface area (Å²) in [4.78, 5) is 0. The number of benzene rings is 1. The third-order valence-electron chi connectivity index (χ3n) is 4.17. The average Bonchev–Trinajstić information content (AvgIpc) is 2.89. The Balaban J connectivity index is 1.76. The maximum Gasteiger partial charge on any atom is 0.0575 e. The summed E-state index contributed by atoms with van der Waals surface area (Å²) in [5.74, 6) is 0. The molecule has 116 valence electrons. The molecule has 0 aliphatic carbocycles. The van der Waals surface area contributed by atoms with Gasteiger partial charge in [0.2, 0.25) is 0 Å². The predicted octanol–water partition coefficient (Wildman–Crippen LogP) is 3.09. The first-order valence-electron chi connectivity index (χ1n) is 7.55. The first-order valence-corrected chi connectivity index (χ1v) is 7.93. The zero-order chi connectivity index (χ0) is 14.7. The van der Waals surface area contributed by atoms with E-state index in [1.807, 2.05) is 31.3 Å². The predicted molar refractivity (Wildman–Crippen MR) is 83.3 cm³/mol. The molecule has 2 saturated heterocycles. The Morgan fingerprint density at radius 1 is 1.43 bits per heavy atom. The van der Waals surface area contributed by atoms with E-state index in [4.69, 9.17) is 16.3 Å². The molecule has 5 nitrogen and oxygen atoms in total. The summed E-state index contributed by atoms with van der Waals surface area (Å²) in [6.07, 6.45) is 5.73. The Labute approximate surface area is 130 Å². The standard InChI is InChI=1S/C15H22ClN4O/c1-20-18-15(17-19-20,13-7-2-3-8-14(13)16)10-9-12-6-4-5-11-21-12/h2-3,7-8,12,18-19H,4-6,9-11H2,1H3/q-1. The van der Waals surface area contributed by atoms with Crippen LogP contribution in [0.2, 0.25) is 5.02 Å². The number of hydrogen-bond donors (Lipinski definition) is 2. The third-order valence-corrected chi connectivity index (χ3v) is 4.49. The molecular formula is C15H22ClN4O-. The van der Waals surface area contributed by atoms with E-state index in [0.29, 0.717) is 6.10 Å². The Hall–Kier alpha value is -0.690. The average molecular weight is 310 g/mol. The van der Waals surface area contributed by atoms with Crippen molar-refractivity contribution in [3.8, 4) is 0 Å². The molecule has 2 fully saturated rings. The van der Waals surface area contributed by atoms with Gasteiger partial charge in [-0.1, -0.05) is 29.8 Å². The van der Waals surface area contributed by atoms with Crippen molar-refractivity contribution in [3.05, 3.63) is 40.3 Å². The number of rotatable bonds is 4. The summed E-state index contributed by atoms with van der Waals surface area (Å²) >= 11 is 6.39. The van der Waals surface area contributed by atoms with Crippen LogP contribution in [0.25, 0.3) is 5.43 Å². The van der Waals surface area contributed by atoms with Gasteiger partial charge in [-0.3, -0.25) is 5.43 Å². The van der Waals surface area contributed by atoms with Crippen LogP contribution in [0.5, 0.6) is 0 Å². The smallest absolute Gasteiger partial charge is 0.0575 e. The highest BCUT2D eigenvalue weighted by atomic mass is 35.5. The van der Waals surface area contributed by atoms with E-state index in [1.165, 1.54) is 12.8 Å². The van der Waals surface area contributed by atoms with Crippen LogP contribution in [0.15, 0.2) is 24.3 Å². The van der Waals surface area contributed by atoms with Gasteiger partial charge in [0.1, 0.15) is 0 Å². The molecule has 2 N–H and O–H groups in total. The van der Waals surface area contributed by atoms with E-state index in [-0.39, 0.29) is 0 Å². The molecule has 1 aromatic carbocycles. The number of hydrazine groups is 2. The van der Waals surface area contributed by atoms with Crippen LogP contribution in [0, 0.1) is 0 Å². The summed E-state index contributed by atoms with van der Waals surface area (Å²) in [5.41, 5.74) is 11.4. The van der Waals surface area contributed by atoms with Crippen LogP contribution >= 0.6 is 11.6 Å². The second-order valence-electron chi connectivity index (χ2n) is 5.75. The van der Waals surface area contributed by atoms with Crippen LogP contribution in [-0.4, -0.2) is 24.9 Å². The van der Waals surface area contributed by atoms with Crippen LogP contribution in [-0.2, 0) is 10.4 Å². The first-order chi connectivity index (χ1) is 10.2. The highest BCUT2D eigenvalue weighted by Gasteiger charge is 2.30. The monoisotopic (exact) mass is 309 g/mol. The summed E-state index contributed by atoms with van der Waals surface area (Å²) < 4.78 is 5.84. The molecule has 2 atom stereocenters. The Kier molecular flexibility index (Phi) is 4.78. The third kappa shape index (κ3) is 3.39. The topological polar surface area (TPSA) is 50.6 Å². The van der Waals surface area contributed by atoms with Crippen molar-refractivity contribution >= 4 is 11.6 Å². The van der Waals surface area contributed by atoms with Gasteiger partial charge in [0.25, 0.3) is 0 Å².